The number of carbonyl (C=O) groups excluding carboxylic acids is 1. The van der Waals surface area contributed by atoms with Gasteiger partial charge in [0.05, 0.1) is 32.6 Å². The molecule has 0 aliphatic carbocycles. The van der Waals surface area contributed by atoms with Gasteiger partial charge in [0.2, 0.25) is 0 Å². The maximum Gasteiger partial charge on any atom is 0.270 e. The second kappa shape index (κ2) is 6.10. The second-order valence-corrected chi connectivity index (χ2v) is 2.84. The first-order valence-electron chi connectivity index (χ1n) is 4.50. The zero-order chi connectivity index (χ0) is 11.1. The first-order chi connectivity index (χ1) is 7.24. The van der Waals surface area contributed by atoms with Crippen molar-refractivity contribution in [3.63, 3.8) is 0 Å². The van der Waals surface area contributed by atoms with E-state index in [1.807, 2.05) is 0 Å². The molecule has 1 aromatic heterocycles. The molecule has 0 saturated heterocycles. The lowest BCUT2D eigenvalue weighted by Crippen LogP contribution is -2.11. The Bertz CT molecular complexity index is 313. The standard InChI is InChI=1S/C8H14N4O3/c1-14-4-5-15-3-2-12-6-7(8(9)13)10-11-12/h6H,2-5H2,1H3,(H2,9,13). The lowest BCUT2D eigenvalue weighted by Gasteiger charge is -2.02. The Kier molecular flexibility index (Phi) is 4.72. The molecule has 0 spiro atoms. The minimum Gasteiger partial charge on any atom is -0.382 e. The Morgan fingerprint density at radius 1 is 1.53 bits per heavy atom. The molecule has 7 nitrogen and oxygen atoms in total. The molecule has 1 amide bonds. The van der Waals surface area contributed by atoms with Crippen molar-refractivity contribution in [2.45, 2.75) is 6.54 Å². The normalized spacial score (nSPS) is 10.5. The van der Waals surface area contributed by atoms with Crippen LogP contribution in [0.25, 0.3) is 0 Å². The number of nitrogens with two attached hydrogens (primary N) is 1. The third-order valence-electron chi connectivity index (χ3n) is 1.69. The largest absolute Gasteiger partial charge is 0.382 e. The molecule has 0 unspecified atom stereocenters. The van der Waals surface area contributed by atoms with E-state index >= 15 is 0 Å². The molecule has 0 aromatic carbocycles. The molecule has 84 valence electrons. The van der Waals surface area contributed by atoms with Gasteiger partial charge in [-0.15, -0.1) is 5.10 Å². The number of rotatable bonds is 7. The first kappa shape index (κ1) is 11.6. The van der Waals surface area contributed by atoms with Crippen LogP contribution in [0.1, 0.15) is 10.5 Å². The SMILES string of the molecule is COCCOCCn1cc(C(N)=O)nn1. The highest BCUT2D eigenvalue weighted by molar-refractivity contribution is 5.90. The van der Waals surface area contributed by atoms with Crippen LogP contribution < -0.4 is 5.73 Å². The number of hydrogen-bond donors (Lipinski definition) is 1. The molecule has 1 rings (SSSR count). The van der Waals surface area contributed by atoms with Gasteiger partial charge in [-0.3, -0.25) is 4.79 Å². The highest BCUT2D eigenvalue weighted by Gasteiger charge is 2.05. The molecule has 1 aromatic rings. The number of methoxy groups -OCH3 is 1. The summed E-state index contributed by atoms with van der Waals surface area (Å²) >= 11 is 0. The van der Waals surface area contributed by atoms with E-state index in [1.165, 1.54) is 10.9 Å². The van der Waals surface area contributed by atoms with Crippen LogP contribution in [0.15, 0.2) is 6.20 Å². The van der Waals surface area contributed by atoms with E-state index in [4.69, 9.17) is 15.2 Å². The van der Waals surface area contributed by atoms with E-state index in [2.05, 4.69) is 10.3 Å². The number of carbonyl (C=O) groups is 1. The summed E-state index contributed by atoms with van der Waals surface area (Å²) in [7, 11) is 1.61. The van der Waals surface area contributed by atoms with Crippen molar-refractivity contribution in [1.29, 1.82) is 0 Å². The van der Waals surface area contributed by atoms with Crippen molar-refractivity contribution >= 4 is 5.91 Å². The van der Waals surface area contributed by atoms with E-state index in [9.17, 15) is 4.79 Å². The minimum absolute atomic E-state index is 0.159. The van der Waals surface area contributed by atoms with Crippen LogP contribution in [-0.2, 0) is 16.0 Å². The Morgan fingerprint density at radius 2 is 2.33 bits per heavy atom. The van der Waals surface area contributed by atoms with Gasteiger partial charge in [-0.05, 0) is 0 Å². The van der Waals surface area contributed by atoms with Crippen LogP contribution in [-0.4, -0.2) is 47.8 Å². The Balaban J connectivity index is 2.23. The maximum absolute atomic E-state index is 10.7. The number of aromatic nitrogens is 3. The van der Waals surface area contributed by atoms with E-state index < -0.39 is 5.91 Å². The summed E-state index contributed by atoms with van der Waals surface area (Å²) in [5.41, 5.74) is 5.18. The molecular weight excluding hydrogens is 200 g/mol. The molecule has 15 heavy (non-hydrogen) atoms. The predicted molar refractivity (Wildman–Crippen MR) is 51.2 cm³/mol. The highest BCUT2D eigenvalue weighted by atomic mass is 16.5. The number of ether oxygens (including phenoxy) is 2. The second-order valence-electron chi connectivity index (χ2n) is 2.84. The van der Waals surface area contributed by atoms with Crippen LogP contribution in [0.5, 0.6) is 0 Å². The summed E-state index contributed by atoms with van der Waals surface area (Å²) in [5.74, 6) is -0.582. The fourth-order valence-electron chi connectivity index (χ4n) is 0.923. The third-order valence-corrected chi connectivity index (χ3v) is 1.69. The summed E-state index contributed by atoms with van der Waals surface area (Å²) in [5, 5.41) is 7.30. The van der Waals surface area contributed by atoms with E-state index in [-0.39, 0.29) is 5.69 Å². The number of primary amides is 1. The molecule has 2 N–H and O–H groups in total. The Morgan fingerprint density at radius 3 is 2.93 bits per heavy atom. The molecule has 7 heteroatoms. The van der Waals surface area contributed by atoms with Crippen LogP contribution in [0.3, 0.4) is 0 Å². The fraction of sp³-hybridized carbons (Fsp3) is 0.625. The Hall–Kier alpha value is -1.47. The van der Waals surface area contributed by atoms with Gasteiger partial charge >= 0.3 is 0 Å². The van der Waals surface area contributed by atoms with Crippen LogP contribution >= 0.6 is 0 Å². The zero-order valence-electron chi connectivity index (χ0n) is 8.55. The molecule has 0 aliphatic rings. The summed E-state index contributed by atoms with van der Waals surface area (Å²) < 4.78 is 11.5. The highest BCUT2D eigenvalue weighted by Crippen LogP contribution is 1.91. The van der Waals surface area contributed by atoms with Gasteiger partial charge in [-0.25, -0.2) is 4.68 Å². The monoisotopic (exact) mass is 214 g/mol. The molecule has 0 atom stereocenters. The molecule has 0 bridgehead atoms. The van der Waals surface area contributed by atoms with Crippen molar-refractivity contribution < 1.29 is 14.3 Å². The van der Waals surface area contributed by atoms with Crippen molar-refractivity contribution in [3.8, 4) is 0 Å². The smallest absolute Gasteiger partial charge is 0.270 e. The van der Waals surface area contributed by atoms with Gasteiger partial charge in [0.25, 0.3) is 5.91 Å². The summed E-state index contributed by atoms with van der Waals surface area (Å²) in [6.45, 7) is 2.12. The minimum atomic E-state index is -0.582. The van der Waals surface area contributed by atoms with E-state index in [0.717, 1.165) is 0 Å². The number of amides is 1. The van der Waals surface area contributed by atoms with Crippen LogP contribution in [0.4, 0.5) is 0 Å². The average Bonchev–Trinajstić information content (AvgIpc) is 2.66. The number of nitrogens with zero attached hydrogens (tertiary/aromatic N) is 3. The molecule has 1 heterocycles. The van der Waals surface area contributed by atoms with Gasteiger partial charge in [0.15, 0.2) is 5.69 Å². The Labute approximate surface area is 87.1 Å². The van der Waals surface area contributed by atoms with Crippen molar-refractivity contribution in [2.75, 3.05) is 26.9 Å². The van der Waals surface area contributed by atoms with E-state index in [0.29, 0.717) is 26.4 Å². The van der Waals surface area contributed by atoms with Crippen LogP contribution in [0.2, 0.25) is 0 Å². The quantitative estimate of drug-likeness (QED) is 0.590. The third kappa shape index (κ3) is 4.05. The van der Waals surface area contributed by atoms with Gasteiger partial charge < -0.3 is 15.2 Å². The van der Waals surface area contributed by atoms with Gasteiger partial charge in [-0.2, -0.15) is 0 Å². The van der Waals surface area contributed by atoms with Crippen LogP contribution in [0, 0.1) is 0 Å². The lowest BCUT2D eigenvalue weighted by molar-refractivity contribution is 0.0652. The topological polar surface area (TPSA) is 92.3 Å². The maximum atomic E-state index is 10.7. The zero-order valence-corrected chi connectivity index (χ0v) is 8.55. The fourth-order valence-corrected chi connectivity index (χ4v) is 0.923. The van der Waals surface area contributed by atoms with Crippen molar-refractivity contribution in [2.24, 2.45) is 5.73 Å². The molecule has 0 radical (unpaired) electrons. The molecule has 0 fully saturated rings. The van der Waals surface area contributed by atoms with Crippen molar-refractivity contribution in [1.82, 2.24) is 15.0 Å². The van der Waals surface area contributed by atoms with E-state index in [1.54, 1.807) is 7.11 Å². The first-order valence-corrected chi connectivity index (χ1v) is 4.50. The summed E-state index contributed by atoms with van der Waals surface area (Å²) in [6, 6.07) is 0. The molecular formula is C8H14N4O3. The molecule has 0 saturated carbocycles. The molecule has 0 aliphatic heterocycles. The summed E-state index contributed by atoms with van der Waals surface area (Å²) in [6.07, 6.45) is 1.49. The van der Waals surface area contributed by atoms with Gasteiger partial charge in [0.1, 0.15) is 0 Å². The summed E-state index contributed by atoms with van der Waals surface area (Å²) in [4.78, 5) is 10.7. The van der Waals surface area contributed by atoms with Gasteiger partial charge in [-0.1, -0.05) is 5.21 Å². The average molecular weight is 214 g/mol. The van der Waals surface area contributed by atoms with Gasteiger partial charge in [0, 0.05) is 7.11 Å². The predicted octanol–water partition coefficient (Wildman–Crippen LogP) is -0.960. The lowest BCUT2D eigenvalue weighted by atomic mass is 10.5. The number of hydrogen-bond acceptors (Lipinski definition) is 5. The van der Waals surface area contributed by atoms with Crippen molar-refractivity contribution in [3.05, 3.63) is 11.9 Å².